The molecule has 8 nitrogen and oxygen atoms in total. The highest BCUT2D eigenvalue weighted by atomic mass is 16.5. The molecular weight excluding hydrogens is 330 g/mol. The maximum absolute atomic E-state index is 5.84. The van der Waals surface area contributed by atoms with Gasteiger partial charge < -0.3 is 21.2 Å². The van der Waals surface area contributed by atoms with Crippen LogP contribution in [-0.4, -0.2) is 32.0 Å². The number of ether oxygens (including phenoxy) is 1. The highest BCUT2D eigenvalue weighted by molar-refractivity contribution is 5.82. The van der Waals surface area contributed by atoms with E-state index >= 15 is 0 Å². The first-order valence-electron chi connectivity index (χ1n) is 8.00. The minimum atomic E-state index is 0.119. The molecule has 3 aromatic heterocycles. The number of aromatic amines is 1. The SMILES string of the molecule is COc1ccccc1-c1ccc(Cc2nc3c(N)nc(N)nc3[nH]2)cn1. The lowest BCUT2D eigenvalue weighted by Gasteiger charge is -2.08. The fraction of sp³-hybridized carbons (Fsp3) is 0.111. The van der Waals surface area contributed by atoms with Gasteiger partial charge in [0.1, 0.15) is 11.6 Å². The molecule has 0 atom stereocenters. The largest absolute Gasteiger partial charge is 0.496 e. The third-order valence-corrected chi connectivity index (χ3v) is 4.02. The van der Waals surface area contributed by atoms with Crippen molar-refractivity contribution in [2.75, 3.05) is 18.6 Å². The van der Waals surface area contributed by atoms with Crippen molar-refractivity contribution in [3.63, 3.8) is 0 Å². The van der Waals surface area contributed by atoms with Gasteiger partial charge in [-0.25, -0.2) is 4.98 Å². The number of pyridine rings is 1. The minimum Gasteiger partial charge on any atom is -0.496 e. The Hall–Kier alpha value is -3.68. The Labute approximate surface area is 149 Å². The van der Waals surface area contributed by atoms with Gasteiger partial charge in [-0.15, -0.1) is 0 Å². The van der Waals surface area contributed by atoms with Crippen molar-refractivity contribution >= 4 is 22.9 Å². The molecule has 0 unspecified atom stereocenters. The van der Waals surface area contributed by atoms with Gasteiger partial charge in [-0.3, -0.25) is 4.98 Å². The Morgan fingerprint density at radius 3 is 2.65 bits per heavy atom. The van der Waals surface area contributed by atoms with Crippen LogP contribution in [0.3, 0.4) is 0 Å². The number of aromatic nitrogens is 5. The van der Waals surface area contributed by atoms with E-state index in [4.69, 9.17) is 16.2 Å². The highest BCUT2D eigenvalue weighted by Crippen LogP contribution is 2.28. The summed E-state index contributed by atoms with van der Waals surface area (Å²) in [5, 5.41) is 0. The zero-order valence-electron chi connectivity index (χ0n) is 14.1. The molecule has 3 heterocycles. The number of nitrogen functional groups attached to an aromatic ring is 2. The molecule has 0 aliphatic carbocycles. The smallest absolute Gasteiger partial charge is 0.224 e. The van der Waals surface area contributed by atoms with Crippen LogP contribution in [0, 0.1) is 0 Å². The molecule has 4 aromatic rings. The third kappa shape index (κ3) is 2.88. The van der Waals surface area contributed by atoms with E-state index in [0.29, 0.717) is 17.6 Å². The Balaban J connectivity index is 1.61. The summed E-state index contributed by atoms with van der Waals surface area (Å²) in [6, 6.07) is 11.7. The topological polar surface area (TPSA) is 129 Å². The maximum Gasteiger partial charge on any atom is 0.224 e. The second-order valence-electron chi connectivity index (χ2n) is 5.78. The Kier molecular flexibility index (Phi) is 3.85. The molecule has 0 fully saturated rings. The number of para-hydroxylation sites is 1. The molecule has 26 heavy (non-hydrogen) atoms. The fourth-order valence-corrected chi connectivity index (χ4v) is 2.81. The van der Waals surface area contributed by atoms with E-state index in [2.05, 4.69) is 24.9 Å². The van der Waals surface area contributed by atoms with E-state index in [0.717, 1.165) is 28.4 Å². The molecule has 0 amide bonds. The second-order valence-corrected chi connectivity index (χ2v) is 5.78. The molecule has 130 valence electrons. The average molecular weight is 347 g/mol. The fourth-order valence-electron chi connectivity index (χ4n) is 2.81. The van der Waals surface area contributed by atoms with Gasteiger partial charge in [0.05, 0.1) is 12.8 Å². The highest BCUT2D eigenvalue weighted by Gasteiger charge is 2.11. The van der Waals surface area contributed by atoms with Crippen LogP contribution in [0.25, 0.3) is 22.4 Å². The molecule has 1 aromatic carbocycles. The van der Waals surface area contributed by atoms with Crippen LogP contribution in [0.1, 0.15) is 11.4 Å². The van der Waals surface area contributed by atoms with Gasteiger partial charge in [-0.1, -0.05) is 18.2 Å². The number of nitrogens with two attached hydrogens (primary N) is 2. The van der Waals surface area contributed by atoms with Crippen LogP contribution < -0.4 is 16.2 Å². The molecule has 0 bridgehead atoms. The lowest BCUT2D eigenvalue weighted by atomic mass is 10.1. The van der Waals surface area contributed by atoms with Gasteiger partial charge in [0.2, 0.25) is 5.95 Å². The zero-order valence-corrected chi connectivity index (χ0v) is 14.1. The number of fused-ring (bicyclic) bond motifs is 1. The number of nitrogens with one attached hydrogen (secondary N) is 1. The molecule has 0 radical (unpaired) electrons. The molecule has 0 spiro atoms. The Morgan fingerprint density at radius 1 is 1.04 bits per heavy atom. The van der Waals surface area contributed by atoms with Crippen LogP contribution in [0.5, 0.6) is 5.75 Å². The number of hydrogen-bond donors (Lipinski definition) is 3. The van der Waals surface area contributed by atoms with E-state index in [1.165, 1.54) is 0 Å². The van der Waals surface area contributed by atoms with Crippen molar-refractivity contribution in [1.82, 2.24) is 24.9 Å². The average Bonchev–Trinajstić information content (AvgIpc) is 3.05. The van der Waals surface area contributed by atoms with Crippen molar-refractivity contribution < 1.29 is 4.74 Å². The summed E-state index contributed by atoms with van der Waals surface area (Å²) < 4.78 is 5.39. The molecular formula is C18H17N7O. The summed E-state index contributed by atoms with van der Waals surface area (Å²) >= 11 is 0. The number of rotatable bonds is 4. The van der Waals surface area contributed by atoms with Crippen LogP contribution in [-0.2, 0) is 6.42 Å². The number of methoxy groups -OCH3 is 1. The lowest BCUT2D eigenvalue weighted by Crippen LogP contribution is -1.99. The second kappa shape index (κ2) is 6.32. The summed E-state index contributed by atoms with van der Waals surface area (Å²) in [6.07, 6.45) is 2.38. The van der Waals surface area contributed by atoms with Crippen molar-refractivity contribution in [2.24, 2.45) is 0 Å². The zero-order chi connectivity index (χ0) is 18.1. The van der Waals surface area contributed by atoms with E-state index in [1.54, 1.807) is 7.11 Å². The summed E-state index contributed by atoms with van der Waals surface area (Å²) in [5.41, 5.74) is 15.3. The number of benzene rings is 1. The molecule has 5 N–H and O–H groups in total. The van der Waals surface area contributed by atoms with Crippen molar-refractivity contribution in [3.05, 3.63) is 54.0 Å². The molecule has 4 rings (SSSR count). The summed E-state index contributed by atoms with van der Waals surface area (Å²) in [6.45, 7) is 0. The van der Waals surface area contributed by atoms with Crippen LogP contribution in [0.15, 0.2) is 42.6 Å². The van der Waals surface area contributed by atoms with Crippen LogP contribution in [0.4, 0.5) is 11.8 Å². The molecule has 0 saturated carbocycles. The number of nitrogens with zero attached hydrogens (tertiary/aromatic N) is 4. The number of H-pyrrole nitrogens is 1. The molecule has 8 heteroatoms. The van der Waals surface area contributed by atoms with Crippen LogP contribution >= 0.6 is 0 Å². The van der Waals surface area contributed by atoms with Crippen molar-refractivity contribution in [1.29, 1.82) is 0 Å². The Morgan fingerprint density at radius 2 is 1.88 bits per heavy atom. The summed E-state index contributed by atoms with van der Waals surface area (Å²) in [4.78, 5) is 20.1. The van der Waals surface area contributed by atoms with Gasteiger partial charge >= 0.3 is 0 Å². The monoisotopic (exact) mass is 347 g/mol. The molecule has 0 saturated heterocycles. The van der Waals surface area contributed by atoms with Crippen LogP contribution in [0.2, 0.25) is 0 Å². The molecule has 0 aliphatic rings. The lowest BCUT2D eigenvalue weighted by molar-refractivity contribution is 0.416. The van der Waals surface area contributed by atoms with Gasteiger partial charge in [-0.05, 0) is 23.8 Å². The first-order chi connectivity index (χ1) is 12.6. The van der Waals surface area contributed by atoms with E-state index < -0.39 is 0 Å². The predicted molar refractivity (Wildman–Crippen MR) is 99.5 cm³/mol. The van der Waals surface area contributed by atoms with E-state index in [9.17, 15) is 0 Å². The van der Waals surface area contributed by atoms with Gasteiger partial charge in [-0.2, -0.15) is 9.97 Å². The summed E-state index contributed by atoms with van der Waals surface area (Å²) in [5.74, 6) is 1.89. The van der Waals surface area contributed by atoms with E-state index in [-0.39, 0.29) is 11.8 Å². The first-order valence-corrected chi connectivity index (χ1v) is 8.00. The predicted octanol–water partition coefficient (Wildman–Crippen LogP) is 2.18. The van der Waals surface area contributed by atoms with Crippen molar-refractivity contribution in [2.45, 2.75) is 6.42 Å². The Bertz CT molecular complexity index is 1070. The number of imidazole rings is 1. The normalized spacial score (nSPS) is 11.0. The minimum absolute atomic E-state index is 0.119. The number of hydrogen-bond acceptors (Lipinski definition) is 7. The standard InChI is InChI=1S/C18H17N7O/c1-26-13-5-3-2-4-11(13)12-7-6-10(9-21-12)8-14-22-15-16(19)24-18(20)25-17(15)23-14/h2-7,9H,8H2,1H3,(H5,19,20,22,23,24,25). The van der Waals surface area contributed by atoms with E-state index in [1.807, 2.05) is 42.6 Å². The maximum atomic E-state index is 5.84. The first kappa shape index (κ1) is 15.8. The quantitative estimate of drug-likeness (QED) is 0.516. The van der Waals surface area contributed by atoms with Gasteiger partial charge in [0.25, 0.3) is 0 Å². The van der Waals surface area contributed by atoms with Crippen molar-refractivity contribution in [3.8, 4) is 17.0 Å². The number of anilines is 2. The van der Waals surface area contributed by atoms with Gasteiger partial charge in [0.15, 0.2) is 17.0 Å². The molecule has 0 aliphatic heterocycles. The van der Waals surface area contributed by atoms with Gasteiger partial charge in [0, 0.05) is 18.2 Å². The summed E-state index contributed by atoms with van der Waals surface area (Å²) in [7, 11) is 1.65. The third-order valence-electron chi connectivity index (χ3n) is 4.02.